The first-order valence-corrected chi connectivity index (χ1v) is 7.35. The van der Waals surface area contributed by atoms with E-state index in [2.05, 4.69) is 30.4 Å². The van der Waals surface area contributed by atoms with Crippen molar-refractivity contribution >= 4 is 5.95 Å². The maximum absolute atomic E-state index is 13.2. The number of halogens is 1. The van der Waals surface area contributed by atoms with Gasteiger partial charge in [0.25, 0.3) is 0 Å². The zero-order valence-corrected chi connectivity index (χ0v) is 13.8. The number of hydrogen-bond acceptors (Lipinski definition) is 3. The highest BCUT2D eigenvalue weighted by Gasteiger charge is 2.17. The van der Waals surface area contributed by atoms with Gasteiger partial charge in [-0.05, 0) is 49.6 Å². The summed E-state index contributed by atoms with van der Waals surface area (Å²) in [5.74, 6) is 0.638. The van der Waals surface area contributed by atoms with Crippen LogP contribution in [-0.2, 0) is 0 Å². The second-order valence-electron chi connectivity index (χ2n) is 5.84. The first-order valence-electron chi connectivity index (χ1n) is 7.35. The van der Waals surface area contributed by atoms with Crippen LogP contribution >= 0.6 is 0 Å². The molecule has 1 aromatic heterocycles. The van der Waals surface area contributed by atoms with Crippen molar-refractivity contribution in [3.63, 3.8) is 0 Å². The molecule has 1 heterocycles. The summed E-state index contributed by atoms with van der Waals surface area (Å²) >= 11 is 0. The van der Waals surface area contributed by atoms with Gasteiger partial charge in [-0.2, -0.15) is 0 Å². The normalized spacial score (nSPS) is 10.9. The van der Waals surface area contributed by atoms with Crippen molar-refractivity contribution in [2.45, 2.75) is 33.6 Å². The minimum absolute atomic E-state index is 0.251. The summed E-state index contributed by atoms with van der Waals surface area (Å²) in [4.78, 5) is 11.2. The lowest BCUT2D eigenvalue weighted by molar-refractivity contribution is 0.628. The Bertz CT molecular complexity index is 690. The molecule has 0 aliphatic carbocycles. The van der Waals surface area contributed by atoms with Gasteiger partial charge in [0.1, 0.15) is 5.82 Å². The molecule has 1 aromatic carbocycles. The van der Waals surface area contributed by atoms with E-state index in [0.29, 0.717) is 5.95 Å². The van der Waals surface area contributed by atoms with Crippen molar-refractivity contribution in [3.05, 3.63) is 53.6 Å². The maximum atomic E-state index is 13.2. The van der Waals surface area contributed by atoms with Gasteiger partial charge in [-0.15, -0.1) is 0 Å². The maximum Gasteiger partial charge on any atom is 0.230 e. The molecule has 4 heteroatoms. The van der Waals surface area contributed by atoms with Crippen LogP contribution in [-0.4, -0.2) is 17.0 Å². The fraction of sp³-hybridized carbons (Fsp3) is 0.333. The summed E-state index contributed by atoms with van der Waals surface area (Å²) in [5.41, 5.74) is 4.61. The number of aromatic nitrogens is 2. The van der Waals surface area contributed by atoms with Crippen molar-refractivity contribution in [3.8, 4) is 11.3 Å². The number of anilines is 1. The summed E-state index contributed by atoms with van der Waals surface area (Å²) < 4.78 is 13.2. The summed E-state index contributed by atoms with van der Waals surface area (Å²) in [7, 11) is 1.89. The van der Waals surface area contributed by atoms with Gasteiger partial charge < -0.3 is 4.90 Å². The van der Waals surface area contributed by atoms with Gasteiger partial charge in [-0.25, -0.2) is 14.4 Å². The second kappa shape index (κ2) is 6.26. The van der Waals surface area contributed by atoms with Crippen LogP contribution in [0.3, 0.4) is 0 Å². The van der Waals surface area contributed by atoms with E-state index in [-0.39, 0.29) is 11.7 Å². The topological polar surface area (TPSA) is 29.0 Å². The number of rotatable bonds is 4. The summed E-state index contributed by atoms with van der Waals surface area (Å²) in [6.45, 7) is 12.1. The van der Waals surface area contributed by atoms with Gasteiger partial charge in [0, 0.05) is 18.3 Å². The Morgan fingerprint density at radius 3 is 2.27 bits per heavy atom. The van der Waals surface area contributed by atoms with E-state index in [4.69, 9.17) is 0 Å². The quantitative estimate of drug-likeness (QED) is 0.820. The Balaban J connectivity index is 2.66. The number of hydrogen-bond donors (Lipinski definition) is 0. The van der Waals surface area contributed by atoms with Crippen molar-refractivity contribution < 1.29 is 4.39 Å². The molecular weight excluding hydrogens is 277 g/mol. The van der Waals surface area contributed by atoms with Crippen LogP contribution < -0.4 is 4.90 Å². The van der Waals surface area contributed by atoms with Gasteiger partial charge in [0.2, 0.25) is 5.95 Å². The molecule has 0 N–H and O–H groups in total. The molecule has 0 atom stereocenters. The molecule has 0 aliphatic heterocycles. The van der Waals surface area contributed by atoms with E-state index in [1.54, 1.807) is 12.1 Å². The molecule has 0 saturated carbocycles. The molecule has 2 rings (SSSR count). The van der Waals surface area contributed by atoms with Crippen LogP contribution in [0.15, 0.2) is 36.5 Å². The van der Waals surface area contributed by atoms with Gasteiger partial charge in [0.05, 0.1) is 11.4 Å². The van der Waals surface area contributed by atoms with Gasteiger partial charge in [0.15, 0.2) is 0 Å². The smallest absolute Gasteiger partial charge is 0.230 e. The Labute approximate surface area is 131 Å². The van der Waals surface area contributed by atoms with Crippen molar-refractivity contribution in [2.24, 2.45) is 0 Å². The summed E-state index contributed by atoms with van der Waals surface area (Å²) in [6.07, 6.45) is 0. The van der Waals surface area contributed by atoms with Gasteiger partial charge >= 0.3 is 0 Å². The number of benzene rings is 1. The molecule has 0 fully saturated rings. The van der Waals surface area contributed by atoms with E-state index in [9.17, 15) is 4.39 Å². The number of nitrogens with zero attached hydrogens (tertiary/aromatic N) is 3. The Kier molecular flexibility index (Phi) is 4.59. The van der Waals surface area contributed by atoms with Crippen molar-refractivity contribution in [1.29, 1.82) is 0 Å². The second-order valence-corrected chi connectivity index (χ2v) is 5.84. The molecule has 0 bridgehead atoms. The fourth-order valence-electron chi connectivity index (χ4n) is 2.29. The molecule has 0 aliphatic rings. The summed E-state index contributed by atoms with van der Waals surface area (Å²) in [6, 6.07) is 6.40. The molecule has 0 amide bonds. The number of allylic oxidation sites excluding steroid dienone is 1. The average Bonchev–Trinajstić information content (AvgIpc) is 2.47. The molecule has 0 saturated heterocycles. The SMILES string of the molecule is C=C(C)N(C)c1nc(-c2ccc(F)cc2)c(C)c(C(C)C)n1. The van der Waals surface area contributed by atoms with E-state index in [1.165, 1.54) is 12.1 Å². The molecular formula is C18H22FN3. The molecule has 0 radical (unpaired) electrons. The Morgan fingerprint density at radius 1 is 1.18 bits per heavy atom. The predicted octanol–water partition coefficient (Wildman–Crippen LogP) is 4.68. The van der Waals surface area contributed by atoms with Crippen LogP contribution in [0.2, 0.25) is 0 Å². The van der Waals surface area contributed by atoms with Crippen LogP contribution in [0.1, 0.15) is 37.9 Å². The molecule has 2 aromatic rings. The van der Waals surface area contributed by atoms with Crippen LogP contribution in [0.5, 0.6) is 0 Å². The Hall–Kier alpha value is -2.23. The largest absolute Gasteiger partial charge is 0.318 e. The van der Waals surface area contributed by atoms with Crippen LogP contribution in [0.4, 0.5) is 10.3 Å². The Morgan fingerprint density at radius 2 is 1.77 bits per heavy atom. The standard InChI is InChI=1S/C18H22FN3/c1-11(2)16-13(5)17(14-7-9-15(19)10-8-14)21-18(20-16)22(6)12(3)4/h7-11H,3H2,1-2,4-6H3. The molecule has 3 nitrogen and oxygen atoms in total. The van der Waals surface area contributed by atoms with E-state index < -0.39 is 0 Å². The van der Waals surface area contributed by atoms with Crippen LogP contribution in [0, 0.1) is 12.7 Å². The van der Waals surface area contributed by atoms with Crippen molar-refractivity contribution in [1.82, 2.24) is 9.97 Å². The lowest BCUT2D eigenvalue weighted by Gasteiger charge is -2.21. The molecule has 0 unspecified atom stereocenters. The minimum atomic E-state index is -0.251. The lowest BCUT2D eigenvalue weighted by Crippen LogP contribution is -2.18. The van der Waals surface area contributed by atoms with Crippen molar-refractivity contribution in [2.75, 3.05) is 11.9 Å². The fourth-order valence-corrected chi connectivity index (χ4v) is 2.29. The highest BCUT2D eigenvalue weighted by molar-refractivity contribution is 5.65. The van der Waals surface area contributed by atoms with E-state index in [0.717, 1.165) is 28.2 Å². The minimum Gasteiger partial charge on any atom is -0.318 e. The van der Waals surface area contributed by atoms with E-state index >= 15 is 0 Å². The summed E-state index contributed by atoms with van der Waals surface area (Å²) in [5, 5.41) is 0. The third-order valence-electron chi connectivity index (χ3n) is 3.71. The first-order chi connectivity index (χ1) is 10.3. The molecule has 116 valence electrons. The molecule has 22 heavy (non-hydrogen) atoms. The highest BCUT2D eigenvalue weighted by Crippen LogP contribution is 2.29. The monoisotopic (exact) mass is 299 g/mol. The third kappa shape index (κ3) is 3.16. The zero-order valence-electron chi connectivity index (χ0n) is 13.8. The molecule has 0 spiro atoms. The van der Waals surface area contributed by atoms with E-state index in [1.807, 2.05) is 25.8 Å². The first kappa shape index (κ1) is 16.1. The average molecular weight is 299 g/mol. The zero-order chi connectivity index (χ0) is 16.4. The van der Waals surface area contributed by atoms with Gasteiger partial charge in [-0.1, -0.05) is 20.4 Å². The highest BCUT2D eigenvalue weighted by atomic mass is 19.1. The predicted molar refractivity (Wildman–Crippen MR) is 89.5 cm³/mol. The lowest BCUT2D eigenvalue weighted by atomic mass is 10.00. The van der Waals surface area contributed by atoms with Crippen LogP contribution in [0.25, 0.3) is 11.3 Å². The third-order valence-corrected chi connectivity index (χ3v) is 3.71. The van der Waals surface area contributed by atoms with Gasteiger partial charge in [-0.3, -0.25) is 0 Å².